The molecular weight excluding hydrogens is 450 g/mol. The lowest BCUT2D eigenvalue weighted by Gasteiger charge is -2.58. The van der Waals surface area contributed by atoms with Crippen LogP contribution in [0.4, 0.5) is 0 Å². The largest absolute Gasteiger partial charge is 0.494 e. The van der Waals surface area contributed by atoms with Gasteiger partial charge in [0.05, 0.1) is 12.7 Å². The first-order valence-electron chi connectivity index (χ1n) is 15.1. The van der Waals surface area contributed by atoms with Crippen LogP contribution in [0.15, 0.2) is 24.3 Å². The van der Waals surface area contributed by atoms with Gasteiger partial charge >= 0.3 is 0 Å². The molecule has 6 aliphatic rings. The third-order valence-electron chi connectivity index (χ3n) is 10.2. The van der Waals surface area contributed by atoms with Crippen molar-refractivity contribution in [2.24, 2.45) is 23.7 Å². The summed E-state index contributed by atoms with van der Waals surface area (Å²) in [5.41, 5.74) is 1.40. The monoisotopic (exact) mass is 497 g/mol. The average Bonchev–Trinajstić information content (AvgIpc) is 2.92. The number of likely N-dealkylation sites (tertiary alicyclic amines) is 1. The fraction of sp³-hybridized carbons (Fsp3) is 0.806. The SMILES string of the molecule is COC1(OO[C@@H]2CCC[C@@H](c3ccc(OCCCN4CCCCC4)cc3)C2)C2CC3CC(C2)CC1C3. The van der Waals surface area contributed by atoms with E-state index in [2.05, 4.69) is 29.2 Å². The maximum atomic E-state index is 6.35. The van der Waals surface area contributed by atoms with Crippen LogP contribution in [0.3, 0.4) is 0 Å². The minimum Gasteiger partial charge on any atom is -0.494 e. The molecule has 1 aliphatic heterocycles. The van der Waals surface area contributed by atoms with E-state index in [9.17, 15) is 0 Å². The standard InChI is InChI=1S/C31H47NO4/c1-33-31(27-18-23-17-24(20-27)21-28(31)19-23)36-35-30-8-5-7-26(22-30)25-9-11-29(12-10-25)34-16-6-15-32-13-3-2-4-14-32/h9-12,23-24,26-28,30H,2-8,13-22H2,1H3/t23?,24?,26-,27?,28?,30-,31?/m1/s1. The number of benzene rings is 1. The summed E-state index contributed by atoms with van der Waals surface area (Å²) >= 11 is 0. The van der Waals surface area contributed by atoms with Crippen molar-refractivity contribution in [2.45, 2.75) is 101 Å². The zero-order valence-corrected chi connectivity index (χ0v) is 22.4. The van der Waals surface area contributed by atoms with Gasteiger partial charge in [0, 0.05) is 25.5 Å². The highest BCUT2D eigenvalue weighted by Crippen LogP contribution is 2.60. The zero-order chi connectivity index (χ0) is 24.4. The Morgan fingerprint density at radius 1 is 0.833 bits per heavy atom. The molecular formula is C31H47NO4. The lowest BCUT2D eigenvalue weighted by molar-refractivity contribution is -0.485. The number of hydrogen-bond donors (Lipinski definition) is 0. The van der Waals surface area contributed by atoms with Gasteiger partial charge in [-0.2, -0.15) is 0 Å². The van der Waals surface area contributed by atoms with E-state index in [-0.39, 0.29) is 6.10 Å². The molecule has 2 atom stereocenters. The molecule has 5 saturated carbocycles. The second-order valence-corrected chi connectivity index (χ2v) is 12.6. The van der Waals surface area contributed by atoms with Crippen molar-refractivity contribution >= 4 is 0 Å². The Morgan fingerprint density at radius 3 is 2.25 bits per heavy atom. The highest BCUT2D eigenvalue weighted by atomic mass is 17.2. The molecule has 0 amide bonds. The predicted octanol–water partition coefficient (Wildman–Crippen LogP) is 6.71. The fourth-order valence-electron chi connectivity index (χ4n) is 8.52. The Hall–Kier alpha value is -1.14. The van der Waals surface area contributed by atoms with Gasteiger partial charge < -0.3 is 14.4 Å². The van der Waals surface area contributed by atoms with E-state index in [1.165, 1.54) is 82.9 Å². The summed E-state index contributed by atoms with van der Waals surface area (Å²) in [7, 11) is 1.84. The van der Waals surface area contributed by atoms with Crippen molar-refractivity contribution in [3.63, 3.8) is 0 Å². The van der Waals surface area contributed by atoms with E-state index in [0.717, 1.165) is 50.0 Å². The molecule has 7 rings (SSSR count). The highest BCUT2D eigenvalue weighted by Gasteiger charge is 2.60. The van der Waals surface area contributed by atoms with Gasteiger partial charge in [0.25, 0.3) is 0 Å². The van der Waals surface area contributed by atoms with Crippen LogP contribution in [0.2, 0.25) is 0 Å². The lowest BCUT2D eigenvalue weighted by Crippen LogP contribution is -2.60. The van der Waals surface area contributed by atoms with Crippen LogP contribution >= 0.6 is 0 Å². The maximum Gasteiger partial charge on any atom is 0.207 e. The van der Waals surface area contributed by atoms with Crippen LogP contribution in [0.5, 0.6) is 5.75 Å². The second kappa shape index (κ2) is 11.3. The van der Waals surface area contributed by atoms with Crippen molar-refractivity contribution in [2.75, 3.05) is 33.4 Å². The molecule has 1 aromatic rings. The molecule has 1 aromatic carbocycles. The van der Waals surface area contributed by atoms with Gasteiger partial charge in [-0.25, -0.2) is 9.78 Å². The Kier molecular flexibility index (Phi) is 7.90. The van der Waals surface area contributed by atoms with Gasteiger partial charge in [-0.1, -0.05) is 25.0 Å². The van der Waals surface area contributed by atoms with Crippen LogP contribution in [-0.4, -0.2) is 50.1 Å². The summed E-state index contributed by atoms with van der Waals surface area (Å²) < 4.78 is 12.2. The zero-order valence-electron chi connectivity index (χ0n) is 22.4. The van der Waals surface area contributed by atoms with Gasteiger partial charge in [0.1, 0.15) is 5.75 Å². The second-order valence-electron chi connectivity index (χ2n) is 12.6. The van der Waals surface area contributed by atoms with Crippen LogP contribution in [0.1, 0.15) is 95.0 Å². The first kappa shape index (κ1) is 25.2. The molecule has 200 valence electrons. The normalized spacial score (nSPS) is 38.4. The molecule has 0 unspecified atom stereocenters. The summed E-state index contributed by atoms with van der Waals surface area (Å²) in [6, 6.07) is 8.85. The Labute approximate surface area is 218 Å². The van der Waals surface area contributed by atoms with Gasteiger partial charge in [0.15, 0.2) is 0 Å². The molecule has 0 aromatic heterocycles. The Morgan fingerprint density at radius 2 is 1.56 bits per heavy atom. The topological polar surface area (TPSA) is 40.2 Å². The molecule has 6 fully saturated rings. The molecule has 0 spiro atoms. The number of rotatable bonds is 10. The van der Waals surface area contributed by atoms with Crippen molar-refractivity contribution in [1.29, 1.82) is 0 Å². The third-order valence-corrected chi connectivity index (χ3v) is 10.2. The number of methoxy groups -OCH3 is 1. The molecule has 4 bridgehead atoms. The van der Waals surface area contributed by atoms with E-state index in [0.29, 0.717) is 17.8 Å². The quantitative estimate of drug-likeness (QED) is 0.155. The third kappa shape index (κ3) is 5.36. The summed E-state index contributed by atoms with van der Waals surface area (Å²) in [5.74, 6) is 3.80. The molecule has 0 N–H and O–H groups in total. The molecule has 0 radical (unpaired) electrons. The molecule has 1 heterocycles. The van der Waals surface area contributed by atoms with Gasteiger partial charge in [-0.05, 0) is 119 Å². The van der Waals surface area contributed by atoms with E-state index >= 15 is 0 Å². The number of ether oxygens (including phenoxy) is 2. The first-order valence-corrected chi connectivity index (χ1v) is 15.1. The fourth-order valence-corrected chi connectivity index (χ4v) is 8.52. The predicted molar refractivity (Wildman–Crippen MR) is 141 cm³/mol. The van der Waals surface area contributed by atoms with E-state index < -0.39 is 5.79 Å². The van der Waals surface area contributed by atoms with Crippen molar-refractivity contribution in [3.05, 3.63) is 29.8 Å². The smallest absolute Gasteiger partial charge is 0.207 e. The van der Waals surface area contributed by atoms with Crippen molar-refractivity contribution in [1.82, 2.24) is 4.90 Å². The van der Waals surface area contributed by atoms with Crippen molar-refractivity contribution < 1.29 is 19.2 Å². The Bertz CT molecular complexity index is 807. The summed E-state index contributed by atoms with van der Waals surface area (Å²) in [4.78, 5) is 15.2. The van der Waals surface area contributed by atoms with Gasteiger partial charge in [-0.3, -0.25) is 0 Å². The van der Waals surface area contributed by atoms with Crippen LogP contribution in [0.25, 0.3) is 0 Å². The maximum absolute atomic E-state index is 6.35. The lowest BCUT2D eigenvalue weighted by atomic mass is 9.53. The average molecular weight is 498 g/mol. The summed E-state index contributed by atoms with van der Waals surface area (Å²) in [5, 5.41) is 0. The van der Waals surface area contributed by atoms with Crippen molar-refractivity contribution in [3.8, 4) is 5.75 Å². The molecule has 5 aliphatic carbocycles. The molecule has 1 saturated heterocycles. The minimum atomic E-state index is -0.507. The van der Waals surface area contributed by atoms with Crippen LogP contribution in [0, 0.1) is 23.7 Å². The van der Waals surface area contributed by atoms with Gasteiger partial charge in [0.2, 0.25) is 5.79 Å². The molecule has 5 heteroatoms. The minimum absolute atomic E-state index is 0.152. The Balaban J connectivity index is 0.975. The first-order chi connectivity index (χ1) is 17.7. The summed E-state index contributed by atoms with van der Waals surface area (Å²) in [6.07, 6.45) is 16.3. The molecule has 5 nitrogen and oxygen atoms in total. The van der Waals surface area contributed by atoms with Crippen LogP contribution in [-0.2, 0) is 14.5 Å². The number of piperidine rings is 1. The molecule has 36 heavy (non-hydrogen) atoms. The van der Waals surface area contributed by atoms with Crippen LogP contribution < -0.4 is 4.74 Å². The number of nitrogens with zero attached hydrogens (tertiary/aromatic N) is 1. The van der Waals surface area contributed by atoms with E-state index in [4.69, 9.17) is 19.2 Å². The van der Waals surface area contributed by atoms with E-state index in [1.54, 1.807) is 0 Å². The summed E-state index contributed by atoms with van der Waals surface area (Å²) in [6.45, 7) is 4.49. The highest BCUT2D eigenvalue weighted by molar-refractivity contribution is 5.29. The van der Waals surface area contributed by atoms with E-state index in [1.807, 2.05) is 7.11 Å². The van der Waals surface area contributed by atoms with Gasteiger partial charge in [-0.15, -0.1) is 0 Å². The number of hydrogen-bond acceptors (Lipinski definition) is 5.